The lowest BCUT2D eigenvalue weighted by Gasteiger charge is -2.06. The highest BCUT2D eigenvalue weighted by atomic mass is 32.1. The van der Waals surface area contributed by atoms with Crippen LogP contribution in [0.3, 0.4) is 0 Å². The van der Waals surface area contributed by atoms with E-state index >= 15 is 0 Å². The Morgan fingerprint density at radius 3 is 2.10 bits per heavy atom. The number of amides is 4. The van der Waals surface area contributed by atoms with Gasteiger partial charge in [-0.25, -0.2) is 9.78 Å². The molecule has 3 rings (SSSR count). The van der Waals surface area contributed by atoms with Gasteiger partial charge in [-0.1, -0.05) is 18.2 Å². The summed E-state index contributed by atoms with van der Waals surface area (Å²) < 4.78 is 0. The van der Waals surface area contributed by atoms with Crippen LogP contribution >= 0.6 is 11.3 Å². The summed E-state index contributed by atoms with van der Waals surface area (Å²) in [4.78, 5) is 39.5. The fourth-order valence-electron chi connectivity index (χ4n) is 2.44. The van der Waals surface area contributed by atoms with Crippen LogP contribution in [0.25, 0.3) is 0 Å². The van der Waals surface area contributed by atoms with Gasteiger partial charge in [0.1, 0.15) is 0 Å². The molecule has 0 aliphatic carbocycles. The smallest absolute Gasteiger partial charge is 0.325 e. The first-order valence-corrected chi connectivity index (χ1v) is 9.61. The molecule has 0 atom stereocenters. The number of para-hydroxylation sites is 1. The third-order valence-corrected chi connectivity index (χ3v) is 4.44. The Kier molecular flexibility index (Phi) is 6.54. The van der Waals surface area contributed by atoms with Crippen molar-refractivity contribution in [1.29, 1.82) is 0 Å². The Bertz CT molecular complexity index is 1000. The predicted octanol–water partition coefficient (Wildman–Crippen LogP) is 3.93. The van der Waals surface area contributed by atoms with Crippen LogP contribution in [-0.4, -0.2) is 22.8 Å². The van der Waals surface area contributed by atoms with Crippen molar-refractivity contribution in [3.8, 4) is 0 Å². The highest BCUT2D eigenvalue weighted by Crippen LogP contribution is 2.18. The molecule has 2 aromatic carbocycles. The normalized spacial score (nSPS) is 10.1. The van der Waals surface area contributed by atoms with E-state index in [9.17, 15) is 14.4 Å². The second-order valence-corrected chi connectivity index (χ2v) is 6.93. The summed E-state index contributed by atoms with van der Waals surface area (Å²) in [5.41, 5.74) is 2.49. The van der Waals surface area contributed by atoms with Gasteiger partial charge in [0.2, 0.25) is 11.8 Å². The molecule has 148 valence electrons. The van der Waals surface area contributed by atoms with Crippen molar-refractivity contribution >= 4 is 51.4 Å². The number of hydrogen-bond acceptors (Lipinski definition) is 5. The summed E-state index contributed by atoms with van der Waals surface area (Å²) >= 11 is 1.24. The summed E-state index contributed by atoms with van der Waals surface area (Å²) in [7, 11) is 0. The average molecular weight is 409 g/mol. The number of anilines is 4. The van der Waals surface area contributed by atoms with Crippen molar-refractivity contribution in [2.45, 2.75) is 13.3 Å². The molecule has 0 radical (unpaired) electrons. The minimum absolute atomic E-state index is 0.0753. The van der Waals surface area contributed by atoms with Gasteiger partial charge in [0.25, 0.3) is 0 Å². The number of thiazole rings is 1. The summed E-state index contributed by atoms with van der Waals surface area (Å²) in [5.74, 6) is -0.393. The molecule has 1 aromatic heterocycles. The number of urea groups is 1. The maximum absolute atomic E-state index is 12.2. The number of carbonyl (C=O) groups excluding carboxylic acids is 3. The Balaban J connectivity index is 1.49. The molecule has 0 saturated carbocycles. The second kappa shape index (κ2) is 9.47. The molecular formula is C20H19N5O3S. The highest BCUT2D eigenvalue weighted by Gasteiger charge is 2.10. The molecule has 0 bridgehead atoms. The van der Waals surface area contributed by atoms with E-state index in [1.165, 1.54) is 18.3 Å². The van der Waals surface area contributed by atoms with Gasteiger partial charge < -0.3 is 16.0 Å². The average Bonchev–Trinajstić information content (AvgIpc) is 3.10. The molecule has 0 fully saturated rings. The van der Waals surface area contributed by atoms with Crippen molar-refractivity contribution in [1.82, 2.24) is 4.98 Å². The third kappa shape index (κ3) is 6.43. The van der Waals surface area contributed by atoms with Crippen molar-refractivity contribution < 1.29 is 14.4 Å². The second-order valence-electron chi connectivity index (χ2n) is 6.07. The molecule has 1 heterocycles. The summed E-state index contributed by atoms with van der Waals surface area (Å²) in [5, 5.41) is 12.9. The molecule has 4 N–H and O–H groups in total. The van der Waals surface area contributed by atoms with Gasteiger partial charge in [-0.3, -0.25) is 14.9 Å². The van der Waals surface area contributed by atoms with Crippen LogP contribution in [0.1, 0.15) is 12.6 Å². The Labute approximate surface area is 171 Å². The van der Waals surface area contributed by atoms with Gasteiger partial charge in [-0.2, -0.15) is 0 Å². The van der Waals surface area contributed by atoms with E-state index in [1.54, 1.807) is 41.8 Å². The largest absolute Gasteiger partial charge is 0.326 e. The van der Waals surface area contributed by atoms with Gasteiger partial charge in [0.05, 0.1) is 12.1 Å². The minimum Gasteiger partial charge on any atom is -0.326 e. The molecule has 9 heteroatoms. The molecule has 0 aliphatic heterocycles. The van der Waals surface area contributed by atoms with Gasteiger partial charge in [0, 0.05) is 29.4 Å². The number of benzene rings is 2. The van der Waals surface area contributed by atoms with Gasteiger partial charge in [-0.05, 0) is 36.4 Å². The zero-order valence-corrected chi connectivity index (χ0v) is 16.4. The van der Waals surface area contributed by atoms with E-state index < -0.39 is 6.03 Å². The van der Waals surface area contributed by atoms with Crippen molar-refractivity contribution in [3.05, 3.63) is 65.7 Å². The van der Waals surface area contributed by atoms with Crippen LogP contribution in [0, 0.1) is 0 Å². The Hall–Kier alpha value is -3.72. The number of aromatic nitrogens is 1. The van der Waals surface area contributed by atoms with Crippen LogP contribution in [0.5, 0.6) is 0 Å². The first-order chi connectivity index (χ1) is 14.0. The quantitative estimate of drug-likeness (QED) is 0.494. The van der Waals surface area contributed by atoms with Gasteiger partial charge in [0.15, 0.2) is 5.13 Å². The molecule has 4 amide bonds. The Morgan fingerprint density at radius 2 is 1.45 bits per heavy atom. The molecule has 29 heavy (non-hydrogen) atoms. The lowest BCUT2D eigenvalue weighted by atomic mass is 10.2. The van der Waals surface area contributed by atoms with E-state index in [1.807, 2.05) is 18.2 Å². The standard InChI is InChI=1S/C20H19N5O3S/c1-13(26)21-15-7-9-16(10-8-15)22-18(27)11-17-12-29-20(24-17)25-19(28)23-14-5-3-2-4-6-14/h2-10,12H,11H2,1H3,(H,21,26)(H,22,27)(H2,23,24,25,28). The van der Waals surface area contributed by atoms with Crippen LogP contribution in [0.2, 0.25) is 0 Å². The van der Waals surface area contributed by atoms with E-state index in [2.05, 4.69) is 26.3 Å². The van der Waals surface area contributed by atoms with E-state index in [0.717, 1.165) is 0 Å². The highest BCUT2D eigenvalue weighted by molar-refractivity contribution is 7.14. The first kappa shape index (κ1) is 20.0. The SMILES string of the molecule is CC(=O)Nc1ccc(NC(=O)Cc2csc(NC(=O)Nc3ccccc3)n2)cc1. The number of nitrogens with one attached hydrogen (secondary N) is 4. The number of hydrogen-bond donors (Lipinski definition) is 4. The molecule has 0 saturated heterocycles. The number of nitrogens with zero attached hydrogens (tertiary/aromatic N) is 1. The minimum atomic E-state index is -0.402. The fraction of sp³-hybridized carbons (Fsp3) is 0.100. The monoisotopic (exact) mass is 409 g/mol. The summed E-state index contributed by atoms with van der Waals surface area (Å²) in [6.07, 6.45) is 0.0753. The lowest BCUT2D eigenvalue weighted by molar-refractivity contribution is -0.116. The van der Waals surface area contributed by atoms with Crippen LogP contribution in [0.4, 0.5) is 27.0 Å². The van der Waals surface area contributed by atoms with E-state index in [4.69, 9.17) is 0 Å². The fourth-order valence-corrected chi connectivity index (χ4v) is 3.14. The first-order valence-electron chi connectivity index (χ1n) is 8.73. The molecule has 0 unspecified atom stereocenters. The van der Waals surface area contributed by atoms with Crippen molar-refractivity contribution in [2.24, 2.45) is 0 Å². The predicted molar refractivity (Wildman–Crippen MR) is 114 cm³/mol. The van der Waals surface area contributed by atoms with Crippen LogP contribution in [-0.2, 0) is 16.0 Å². The zero-order valence-electron chi connectivity index (χ0n) is 15.6. The van der Waals surface area contributed by atoms with E-state index in [-0.39, 0.29) is 18.2 Å². The molecular weight excluding hydrogens is 390 g/mol. The van der Waals surface area contributed by atoms with Gasteiger partial charge in [-0.15, -0.1) is 11.3 Å². The van der Waals surface area contributed by atoms with Gasteiger partial charge >= 0.3 is 6.03 Å². The van der Waals surface area contributed by atoms with Crippen LogP contribution < -0.4 is 21.3 Å². The number of carbonyl (C=O) groups is 3. The zero-order chi connectivity index (χ0) is 20.6. The maximum atomic E-state index is 12.2. The van der Waals surface area contributed by atoms with E-state index in [0.29, 0.717) is 27.9 Å². The summed E-state index contributed by atoms with van der Waals surface area (Å²) in [6, 6.07) is 15.5. The van der Waals surface area contributed by atoms with Crippen molar-refractivity contribution in [2.75, 3.05) is 21.3 Å². The summed E-state index contributed by atoms with van der Waals surface area (Å²) in [6.45, 7) is 1.43. The lowest BCUT2D eigenvalue weighted by Crippen LogP contribution is -2.19. The molecule has 8 nitrogen and oxygen atoms in total. The molecule has 0 aliphatic rings. The third-order valence-electron chi connectivity index (χ3n) is 3.63. The van der Waals surface area contributed by atoms with Crippen molar-refractivity contribution in [3.63, 3.8) is 0 Å². The topological polar surface area (TPSA) is 112 Å². The maximum Gasteiger partial charge on any atom is 0.325 e. The Morgan fingerprint density at radius 1 is 0.828 bits per heavy atom. The molecule has 0 spiro atoms. The van der Waals surface area contributed by atoms with Crippen LogP contribution in [0.15, 0.2) is 60.0 Å². The molecule has 3 aromatic rings. The number of rotatable bonds is 6.